The highest BCUT2D eigenvalue weighted by atomic mass is 19.1. The zero-order valence-electron chi connectivity index (χ0n) is 22.6. The topological polar surface area (TPSA) is 105 Å². The Labute approximate surface area is 227 Å². The average molecular weight is 533 g/mol. The van der Waals surface area contributed by atoms with Gasteiger partial charge in [-0.05, 0) is 68.8 Å². The van der Waals surface area contributed by atoms with Crippen molar-refractivity contribution >= 4 is 17.9 Å². The van der Waals surface area contributed by atoms with Crippen LogP contribution in [0.5, 0.6) is 5.88 Å². The summed E-state index contributed by atoms with van der Waals surface area (Å²) in [5, 5.41) is 12.7. The van der Waals surface area contributed by atoms with Crippen LogP contribution in [0.15, 0.2) is 55.0 Å². The highest BCUT2D eigenvalue weighted by Gasteiger charge is 2.14. The number of ether oxygens (including phenoxy) is 1. The highest BCUT2D eigenvalue weighted by Crippen LogP contribution is 2.25. The van der Waals surface area contributed by atoms with Crippen LogP contribution in [-0.4, -0.2) is 55.5 Å². The summed E-state index contributed by atoms with van der Waals surface area (Å²) in [5.74, 6) is 0.612. The molecule has 0 atom stereocenters. The van der Waals surface area contributed by atoms with Crippen LogP contribution in [0.4, 0.5) is 16.0 Å². The molecule has 0 radical (unpaired) electrons. The summed E-state index contributed by atoms with van der Waals surface area (Å²) < 4.78 is 21.2. The number of rotatable bonds is 12. The number of hydrogen-bond donors (Lipinski definition) is 2. The number of aryl methyl sites for hydroxylation is 1. The predicted octanol–water partition coefficient (Wildman–Crippen LogP) is 4.76. The minimum atomic E-state index is -0.337. The highest BCUT2D eigenvalue weighted by molar-refractivity contribution is 5.78. The number of pyridine rings is 1. The van der Waals surface area contributed by atoms with Gasteiger partial charge in [0, 0.05) is 43.7 Å². The normalized spacial score (nSPS) is 11.3. The molecule has 9 nitrogen and oxygen atoms in total. The number of aliphatic hydroxyl groups excluding tert-OH is 1. The van der Waals surface area contributed by atoms with Gasteiger partial charge in [-0.2, -0.15) is 0 Å². The van der Waals surface area contributed by atoms with E-state index in [4.69, 9.17) is 9.72 Å². The van der Waals surface area contributed by atoms with Gasteiger partial charge in [0.1, 0.15) is 5.82 Å². The standard InChI is InChI=1S/C29H33FN6O3/c1-19(2)39-27-8-7-25(14-31-27)33-29-32-13-20(3)28(34-29)23-12-26(18-38)36(16-23)10-9-35(4)15-22-11-24(30)6-5-21(22)17-37/h5-8,11-14,16,18-19,37H,9-10,15,17H2,1-4H3,(H,32,33,34). The van der Waals surface area contributed by atoms with E-state index in [9.17, 15) is 14.3 Å². The van der Waals surface area contributed by atoms with E-state index in [2.05, 4.69) is 15.3 Å². The van der Waals surface area contributed by atoms with Crippen LogP contribution in [0.3, 0.4) is 0 Å². The molecule has 0 saturated heterocycles. The Kier molecular flexibility index (Phi) is 9.00. The van der Waals surface area contributed by atoms with E-state index in [0.29, 0.717) is 48.4 Å². The summed E-state index contributed by atoms with van der Waals surface area (Å²) in [6.45, 7) is 7.27. The summed E-state index contributed by atoms with van der Waals surface area (Å²) in [5.41, 5.74) is 5.05. The maximum absolute atomic E-state index is 13.7. The molecular formula is C29H33FN6O3. The van der Waals surface area contributed by atoms with Crippen molar-refractivity contribution in [1.29, 1.82) is 0 Å². The number of likely N-dealkylation sites (N-methyl/N-ethyl adjacent to an activating group) is 1. The second-order valence-corrected chi connectivity index (χ2v) is 9.68. The third-order valence-corrected chi connectivity index (χ3v) is 6.15. The Morgan fingerprint density at radius 3 is 2.67 bits per heavy atom. The first-order chi connectivity index (χ1) is 18.7. The van der Waals surface area contributed by atoms with E-state index < -0.39 is 0 Å². The molecule has 0 aliphatic heterocycles. The largest absolute Gasteiger partial charge is 0.475 e. The Hall–Kier alpha value is -4.15. The van der Waals surface area contributed by atoms with Crippen molar-refractivity contribution in [2.45, 2.75) is 46.6 Å². The first-order valence-electron chi connectivity index (χ1n) is 12.7. The molecule has 1 aromatic carbocycles. The molecule has 3 aromatic heterocycles. The number of aromatic nitrogens is 4. The van der Waals surface area contributed by atoms with Crippen molar-refractivity contribution in [2.75, 3.05) is 18.9 Å². The van der Waals surface area contributed by atoms with Crippen molar-refractivity contribution < 1.29 is 19.0 Å². The molecule has 3 heterocycles. The molecule has 0 bridgehead atoms. The lowest BCUT2D eigenvalue weighted by Crippen LogP contribution is -2.24. The zero-order valence-corrected chi connectivity index (χ0v) is 22.6. The van der Waals surface area contributed by atoms with Gasteiger partial charge in [-0.25, -0.2) is 19.3 Å². The average Bonchev–Trinajstić information content (AvgIpc) is 3.32. The number of carbonyl (C=O) groups excluding carboxylic acids is 1. The molecule has 10 heteroatoms. The zero-order chi connectivity index (χ0) is 27.9. The van der Waals surface area contributed by atoms with Crippen molar-refractivity contribution in [3.8, 4) is 17.1 Å². The van der Waals surface area contributed by atoms with Gasteiger partial charge in [0.15, 0.2) is 6.29 Å². The Morgan fingerprint density at radius 1 is 1.15 bits per heavy atom. The summed E-state index contributed by atoms with van der Waals surface area (Å²) in [7, 11) is 1.92. The minimum absolute atomic E-state index is 0.0378. The Bertz CT molecular complexity index is 1420. The lowest BCUT2D eigenvalue weighted by atomic mass is 10.1. The molecule has 2 N–H and O–H groups in total. The van der Waals surface area contributed by atoms with Gasteiger partial charge >= 0.3 is 0 Å². The number of carbonyl (C=O) groups is 1. The Morgan fingerprint density at radius 2 is 1.97 bits per heavy atom. The van der Waals surface area contributed by atoms with E-state index in [0.717, 1.165) is 28.7 Å². The molecule has 39 heavy (non-hydrogen) atoms. The molecule has 204 valence electrons. The minimum Gasteiger partial charge on any atom is -0.475 e. The molecule has 4 rings (SSSR count). The van der Waals surface area contributed by atoms with Gasteiger partial charge in [0.05, 0.1) is 36.0 Å². The van der Waals surface area contributed by atoms with Crippen LogP contribution < -0.4 is 10.1 Å². The molecule has 0 unspecified atom stereocenters. The summed E-state index contributed by atoms with van der Waals surface area (Å²) >= 11 is 0. The number of anilines is 2. The van der Waals surface area contributed by atoms with E-state index in [1.807, 2.05) is 55.6 Å². The van der Waals surface area contributed by atoms with E-state index in [-0.39, 0.29) is 18.5 Å². The molecule has 4 aromatic rings. The fraction of sp³-hybridized carbons (Fsp3) is 0.310. The number of aldehydes is 1. The predicted molar refractivity (Wildman–Crippen MR) is 148 cm³/mol. The maximum Gasteiger partial charge on any atom is 0.227 e. The number of aliphatic hydroxyl groups is 1. The number of halogens is 1. The molecule has 0 spiro atoms. The SMILES string of the molecule is Cc1cnc(Nc2ccc(OC(C)C)nc2)nc1-c1cc(C=O)n(CCN(C)Cc2cc(F)ccc2CO)c1. The van der Waals surface area contributed by atoms with Crippen molar-refractivity contribution in [2.24, 2.45) is 0 Å². The summed E-state index contributed by atoms with van der Waals surface area (Å²) in [6, 6.07) is 9.82. The van der Waals surface area contributed by atoms with E-state index in [1.165, 1.54) is 12.1 Å². The van der Waals surface area contributed by atoms with Gasteiger partial charge in [-0.1, -0.05) is 6.07 Å². The van der Waals surface area contributed by atoms with Crippen molar-refractivity contribution in [3.63, 3.8) is 0 Å². The van der Waals surface area contributed by atoms with Gasteiger partial charge < -0.3 is 24.6 Å². The number of benzene rings is 1. The van der Waals surface area contributed by atoms with Crippen LogP contribution in [0, 0.1) is 12.7 Å². The second kappa shape index (κ2) is 12.6. The molecular weight excluding hydrogens is 499 g/mol. The monoisotopic (exact) mass is 532 g/mol. The fourth-order valence-electron chi connectivity index (χ4n) is 4.18. The van der Waals surface area contributed by atoms with Crippen LogP contribution in [0.1, 0.15) is 41.0 Å². The second-order valence-electron chi connectivity index (χ2n) is 9.68. The van der Waals surface area contributed by atoms with Crippen LogP contribution >= 0.6 is 0 Å². The smallest absolute Gasteiger partial charge is 0.227 e. The molecule has 0 amide bonds. The quantitative estimate of drug-likeness (QED) is 0.252. The third kappa shape index (κ3) is 7.24. The van der Waals surface area contributed by atoms with E-state index >= 15 is 0 Å². The van der Waals surface area contributed by atoms with Gasteiger partial charge in [-0.15, -0.1) is 0 Å². The number of nitrogens with zero attached hydrogens (tertiary/aromatic N) is 5. The lowest BCUT2D eigenvalue weighted by molar-refractivity contribution is 0.111. The molecule has 0 saturated carbocycles. The van der Waals surface area contributed by atoms with Crippen molar-refractivity contribution in [3.05, 3.63) is 83.2 Å². The first kappa shape index (κ1) is 27.9. The lowest BCUT2D eigenvalue weighted by Gasteiger charge is -2.19. The summed E-state index contributed by atoms with van der Waals surface area (Å²) in [6.07, 6.45) is 6.15. The van der Waals surface area contributed by atoms with Crippen molar-refractivity contribution in [1.82, 2.24) is 24.4 Å². The molecule has 0 fully saturated rings. The summed E-state index contributed by atoms with van der Waals surface area (Å²) in [4.78, 5) is 27.3. The van der Waals surface area contributed by atoms with Crippen LogP contribution in [-0.2, 0) is 19.7 Å². The fourth-order valence-corrected chi connectivity index (χ4v) is 4.18. The number of nitrogens with one attached hydrogen (secondary N) is 1. The van der Waals surface area contributed by atoms with Gasteiger partial charge in [0.25, 0.3) is 0 Å². The van der Waals surface area contributed by atoms with Gasteiger partial charge in [0.2, 0.25) is 11.8 Å². The number of hydrogen-bond acceptors (Lipinski definition) is 8. The molecule has 0 aliphatic rings. The van der Waals surface area contributed by atoms with E-state index in [1.54, 1.807) is 24.5 Å². The molecule has 0 aliphatic carbocycles. The Balaban J connectivity index is 1.47. The van der Waals surface area contributed by atoms with Gasteiger partial charge in [-0.3, -0.25) is 4.79 Å². The third-order valence-electron chi connectivity index (χ3n) is 6.15. The first-order valence-corrected chi connectivity index (χ1v) is 12.7. The van der Waals surface area contributed by atoms with Crippen LogP contribution in [0.2, 0.25) is 0 Å². The van der Waals surface area contributed by atoms with Crippen LogP contribution in [0.25, 0.3) is 11.3 Å². The maximum atomic E-state index is 13.7.